The van der Waals surface area contributed by atoms with E-state index in [0.717, 1.165) is 122 Å². The summed E-state index contributed by atoms with van der Waals surface area (Å²) < 4.78 is 7.29. The molecule has 12 aromatic carbocycles. The Labute approximate surface area is 478 Å². The molecule has 4 heterocycles. The van der Waals surface area contributed by atoms with Gasteiger partial charge in [0.1, 0.15) is 0 Å². The second-order valence-corrected chi connectivity index (χ2v) is 21.2. The van der Waals surface area contributed by atoms with Crippen molar-refractivity contribution in [3.8, 4) is 90.4 Å². The maximum Gasteiger partial charge on any atom is 0.160 e. The van der Waals surface area contributed by atoms with Crippen molar-refractivity contribution in [1.29, 1.82) is 5.26 Å². The van der Waals surface area contributed by atoms with Gasteiger partial charge >= 0.3 is 0 Å². The van der Waals surface area contributed by atoms with Crippen molar-refractivity contribution < 1.29 is 0 Å². The van der Waals surface area contributed by atoms with Gasteiger partial charge in [-0.2, -0.15) is 5.26 Å². The molecule has 0 aliphatic rings. The first-order valence-corrected chi connectivity index (χ1v) is 28.0. The largest absolute Gasteiger partial charge is 0.309 e. The highest BCUT2D eigenvalue weighted by Gasteiger charge is 2.25. The summed E-state index contributed by atoms with van der Waals surface area (Å²) in [5, 5.41) is 17.0. The third-order valence-electron chi connectivity index (χ3n) is 16.4. The Morgan fingerprint density at radius 3 is 1.18 bits per heavy atom. The number of aromatic nitrogens is 5. The predicted molar refractivity (Wildman–Crippen MR) is 342 cm³/mol. The Morgan fingerprint density at radius 2 is 0.663 bits per heavy atom. The molecule has 0 aliphatic heterocycles. The average molecular weight is 1060 g/mol. The number of nitriles is 1. The van der Waals surface area contributed by atoms with E-state index in [4.69, 9.17) is 9.97 Å². The summed E-state index contributed by atoms with van der Waals surface area (Å²) in [5.74, 6) is 0.648. The quantitative estimate of drug-likeness (QED) is 0.145. The number of para-hydroxylation sites is 5. The van der Waals surface area contributed by atoms with Crippen molar-refractivity contribution in [2.45, 2.75) is 0 Å². The molecular formula is C77H48N6. The maximum absolute atomic E-state index is 9.98. The van der Waals surface area contributed by atoms with Crippen LogP contribution in [-0.4, -0.2) is 23.7 Å². The third kappa shape index (κ3) is 7.94. The first-order chi connectivity index (χ1) is 41.1. The summed E-state index contributed by atoms with van der Waals surface area (Å²) in [7, 11) is 0. The first kappa shape index (κ1) is 47.6. The smallest absolute Gasteiger partial charge is 0.160 e. The van der Waals surface area contributed by atoms with Crippen LogP contribution in [0.25, 0.3) is 150 Å². The molecule has 0 amide bonds. The molecule has 0 saturated heterocycles. The van der Waals surface area contributed by atoms with E-state index in [-0.39, 0.29) is 0 Å². The Hall–Kier alpha value is -11.4. The lowest BCUT2D eigenvalue weighted by atomic mass is 9.91. The molecule has 0 atom stereocenters. The molecule has 386 valence electrons. The van der Waals surface area contributed by atoms with Gasteiger partial charge in [-0.25, -0.2) is 9.97 Å². The first-order valence-electron chi connectivity index (χ1n) is 28.0. The van der Waals surface area contributed by atoms with Crippen molar-refractivity contribution in [2.75, 3.05) is 0 Å². The zero-order chi connectivity index (χ0) is 55.0. The van der Waals surface area contributed by atoms with E-state index in [2.05, 4.69) is 268 Å². The Morgan fingerprint density at radius 1 is 0.265 bits per heavy atom. The lowest BCUT2D eigenvalue weighted by molar-refractivity contribution is 1.16. The lowest BCUT2D eigenvalue weighted by Crippen LogP contribution is -2.04. The summed E-state index contributed by atoms with van der Waals surface area (Å²) in [5.41, 5.74) is 21.1. The monoisotopic (exact) mass is 1060 g/mol. The van der Waals surface area contributed by atoms with Crippen molar-refractivity contribution in [1.82, 2.24) is 23.7 Å². The van der Waals surface area contributed by atoms with E-state index in [1.165, 1.54) is 21.5 Å². The van der Waals surface area contributed by atoms with E-state index < -0.39 is 0 Å². The summed E-state index contributed by atoms with van der Waals surface area (Å²) in [4.78, 5) is 10.8. The van der Waals surface area contributed by atoms with Crippen LogP contribution in [0.1, 0.15) is 5.56 Å². The van der Waals surface area contributed by atoms with Crippen LogP contribution in [0.4, 0.5) is 0 Å². The van der Waals surface area contributed by atoms with Gasteiger partial charge in [0.25, 0.3) is 0 Å². The fraction of sp³-hybridized carbons (Fsp3) is 0. The van der Waals surface area contributed by atoms with Crippen LogP contribution in [0.15, 0.2) is 291 Å². The average Bonchev–Trinajstić information content (AvgIpc) is 3.50. The van der Waals surface area contributed by atoms with E-state index in [1.807, 2.05) is 42.5 Å². The predicted octanol–water partition coefficient (Wildman–Crippen LogP) is 19.6. The zero-order valence-corrected chi connectivity index (χ0v) is 44.9. The second-order valence-electron chi connectivity index (χ2n) is 21.2. The minimum absolute atomic E-state index is 0.626. The Kier molecular flexibility index (Phi) is 11.2. The van der Waals surface area contributed by atoms with Crippen molar-refractivity contribution >= 4 is 65.4 Å². The molecule has 16 aromatic rings. The van der Waals surface area contributed by atoms with Gasteiger partial charge < -0.3 is 13.7 Å². The molecule has 6 nitrogen and oxygen atoms in total. The second kappa shape index (κ2) is 19.5. The molecule has 0 radical (unpaired) electrons. The molecule has 0 fully saturated rings. The molecule has 6 heteroatoms. The molecule has 0 N–H and O–H groups in total. The van der Waals surface area contributed by atoms with Crippen LogP contribution >= 0.6 is 0 Å². The van der Waals surface area contributed by atoms with Gasteiger partial charge in [-0.15, -0.1) is 0 Å². The fourth-order valence-electron chi connectivity index (χ4n) is 12.7. The van der Waals surface area contributed by atoms with Crippen LogP contribution in [0, 0.1) is 11.3 Å². The highest BCUT2D eigenvalue weighted by molar-refractivity contribution is 6.13. The Balaban J connectivity index is 1.04. The maximum atomic E-state index is 9.98. The fourth-order valence-corrected chi connectivity index (χ4v) is 12.7. The molecular weight excluding hydrogens is 1010 g/mol. The van der Waals surface area contributed by atoms with Crippen LogP contribution < -0.4 is 0 Å². The number of fused-ring (bicyclic) bond motifs is 9. The topological polar surface area (TPSA) is 64.4 Å². The van der Waals surface area contributed by atoms with E-state index >= 15 is 0 Å². The van der Waals surface area contributed by atoms with Crippen LogP contribution in [0.5, 0.6) is 0 Å². The summed E-state index contributed by atoms with van der Waals surface area (Å²) >= 11 is 0. The lowest BCUT2D eigenvalue weighted by Gasteiger charge is -2.22. The van der Waals surface area contributed by atoms with Gasteiger partial charge in [0.15, 0.2) is 5.82 Å². The minimum Gasteiger partial charge on any atom is -0.309 e. The van der Waals surface area contributed by atoms with Gasteiger partial charge in [0, 0.05) is 71.5 Å². The highest BCUT2D eigenvalue weighted by Crippen LogP contribution is 2.46. The minimum atomic E-state index is 0.626. The molecule has 16 rings (SSSR count). The van der Waals surface area contributed by atoms with Crippen molar-refractivity contribution in [3.63, 3.8) is 0 Å². The molecule has 0 aliphatic carbocycles. The Bertz CT molecular complexity index is 4950. The van der Waals surface area contributed by atoms with E-state index in [9.17, 15) is 5.26 Å². The molecule has 4 aromatic heterocycles. The van der Waals surface area contributed by atoms with Gasteiger partial charge in [-0.05, 0) is 119 Å². The molecule has 83 heavy (non-hydrogen) atoms. The summed E-state index contributed by atoms with van der Waals surface area (Å²) in [6.07, 6.45) is 0. The summed E-state index contributed by atoms with van der Waals surface area (Å²) in [6, 6.07) is 106. The standard InChI is InChI=1S/C77H48N6/c78-49-50-20-17-25-53(42-50)54-40-41-75-67(45-54)64-34-11-16-39-74(64)83(75)76-65(55-26-18-28-58(43-55)81-70-35-12-7-30-60(70)61-31-8-13-36-71(61)81)46-57(69-48-68(51-21-3-1-4-22-51)79-77(80-69)52-23-5-2-6-24-52)47-66(76)56-27-19-29-59(44-56)82-72-37-14-9-32-62(72)63-33-10-15-38-73(63)82/h1-48H. The number of benzene rings is 12. The molecule has 0 saturated carbocycles. The number of rotatable bonds is 9. The van der Waals surface area contributed by atoms with Crippen LogP contribution in [0.3, 0.4) is 0 Å². The molecule has 0 bridgehead atoms. The van der Waals surface area contributed by atoms with Gasteiger partial charge in [0.2, 0.25) is 0 Å². The molecule has 0 spiro atoms. The van der Waals surface area contributed by atoms with Crippen LogP contribution in [0.2, 0.25) is 0 Å². The van der Waals surface area contributed by atoms with Gasteiger partial charge in [0.05, 0.1) is 61.8 Å². The summed E-state index contributed by atoms with van der Waals surface area (Å²) in [6.45, 7) is 0. The molecule has 0 unspecified atom stereocenters. The van der Waals surface area contributed by atoms with E-state index in [1.54, 1.807) is 0 Å². The van der Waals surface area contributed by atoms with E-state index in [0.29, 0.717) is 11.4 Å². The SMILES string of the molecule is N#Cc1cccc(-c2ccc3c(c2)c2ccccc2n3-c2c(-c3cccc(-n4c5ccccc5c5ccccc54)c3)cc(-c3cc(-c4ccccc4)nc(-c4ccccc4)n3)cc2-c2cccc(-n3c4ccccc4c4ccccc43)c2)c1. The highest BCUT2D eigenvalue weighted by atomic mass is 15.0. The zero-order valence-electron chi connectivity index (χ0n) is 44.9. The van der Waals surface area contributed by atoms with Crippen molar-refractivity contribution in [3.05, 3.63) is 297 Å². The third-order valence-corrected chi connectivity index (χ3v) is 16.4. The number of hydrogen-bond acceptors (Lipinski definition) is 3. The number of hydrogen-bond donors (Lipinski definition) is 0. The number of nitrogens with zero attached hydrogens (tertiary/aromatic N) is 6. The van der Waals surface area contributed by atoms with Gasteiger partial charge in [-0.3, -0.25) is 0 Å². The van der Waals surface area contributed by atoms with Crippen molar-refractivity contribution in [2.24, 2.45) is 0 Å². The van der Waals surface area contributed by atoms with Crippen LogP contribution in [-0.2, 0) is 0 Å². The van der Waals surface area contributed by atoms with Gasteiger partial charge in [-0.1, -0.05) is 194 Å². The normalized spacial score (nSPS) is 11.6.